The summed E-state index contributed by atoms with van der Waals surface area (Å²) in [7, 11) is 0. The maximum Gasteiger partial charge on any atom is 0.412 e. The fourth-order valence-corrected chi connectivity index (χ4v) is 1.27. The Balaban J connectivity index is 3.07. The van der Waals surface area contributed by atoms with E-state index in [0.717, 1.165) is 6.33 Å². The van der Waals surface area contributed by atoms with Crippen molar-refractivity contribution in [1.29, 1.82) is 5.26 Å². The lowest BCUT2D eigenvalue weighted by Gasteiger charge is -2.24. The Hall–Kier alpha value is -1.62. The molecule has 1 rings (SSSR count). The number of hydrogen-bond donors (Lipinski definition) is 1. The molecule has 0 aromatic carbocycles. The molecule has 1 heterocycles. The molecule has 5 nitrogen and oxygen atoms in total. The molecule has 2 unspecified atom stereocenters. The smallest absolute Gasteiger partial charge is 0.326 e. The van der Waals surface area contributed by atoms with E-state index in [2.05, 4.69) is 10.1 Å². The molecule has 2 atom stereocenters. The molecule has 0 aliphatic heterocycles. The van der Waals surface area contributed by atoms with Gasteiger partial charge in [-0.25, -0.2) is 9.67 Å². The van der Waals surface area contributed by atoms with Crippen LogP contribution in [-0.2, 0) is 0 Å². The molecule has 0 aliphatic rings. The van der Waals surface area contributed by atoms with E-state index in [0.29, 0.717) is 4.68 Å². The molecule has 0 saturated heterocycles. The summed E-state index contributed by atoms with van der Waals surface area (Å²) in [5.74, 6) is -0.308. The van der Waals surface area contributed by atoms with Crippen LogP contribution < -0.4 is 5.73 Å². The van der Waals surface area contributed by atoms with E-state index < -0.39 is 18.3 Å². The standard InChI is InChI=1S/C8H10F3N5/c1-2-5(13)7(8(9,10)11)16-4-14-6(3-12)15-16/h4-5,7H,2,13H2,1H3. The lowest BCUT2D eigenvalue weighted by atomic mass is 10.1. The fourth-order valence-electron chi connectivity index (χ4n) is 1.27. The van der Waals surface area contributed by atoms with E-state index in [4.69, 9.17) is 11.0 Å². The zero-order valence-corrected chi connectivity index (χ0v) is 8.44. The topological polar surface area (TPSA) is 80.5 Å². The van der Waals surface area contributed by atoms with Crippen molar-refractivity contribution in [3.63, 3.8) is 0 Å². The summed E-state index contributed by atoms with van der Waals surface area (Å²) in [6.45, 7) is 1.55. The normalized spacial score (nSPS) is 15.5. The molecule has 88 valence electrons. The molecule has 0 bridgehead atoms. The van der Waals surface area contributed by atoms with Crippen LogP contribution in [0.3, 0.4) is 0 Å². The molecule has 0 spiro atoms. The molecular formula is C8H10F3N5. The van der Waals surface area contributed by atoms with Crippen molar-refractivity contribution in [3.05, 3.63) is 12.2 Å². The van der Waals surface area contributed by atoms with Crippen molar-refractivity contribution in [2.75, 3.05) is 0 Å². The zero-order valence-electron chi connectivity index (χ0n) is 8.44. The first kappa shape index (κ1) is 12.4. The summed E-state index contributed by atoms with van der Waals surface area (Å²) in [6.07, 6.45) is -3.51. The van der Waals surface area contributed by atoms with Crippen LogP contribution in [-0.4, -0.2) is 27.0 Å². The maximum atomic E-state index is 12.7. The minimum atomic E-state index is -4.52. The predicted molar refractivity (Wildman–Crippen MR) is 48.1 cm³/mol. The molecular weight excluding hydrogens is 223 g/mol. The van der Waals surface area contributed by atoms with Crippen molar-refractivity contribution in [3.8, 4) is 6.07 Å². The number of aromatic nitrogens is 3. The third-order valence-corrected chi connectivity index (χ3v) is 2.11. The SMILES string of the molecule is CCC(N)C(n1cnc(C#N)n1)C(F)(F)F. The van der Waals surface area contributed by atoms with Crippen LogP contribution in [0.1, 0.15) is 25.2 Å². The van der Waals surface area contributed by atoms with Gasteiger partial charge in [-0.1, -0.05) is 6.92 Å². The molecule has 0 amide bonds. The van der Waals surface area contributed by atoms with Gasteiger partial charge < -0.3 is 5.73 Å². The Labute approximate surface area is 89.7 Å². The highest BCUT2D eigenvalue weighted by atomic mass is 19.4. The number of nitrogens with zero attached hydrogens (tertiary/aromatic N) is 4. The Morgan fingerprint density at radius 1 is 1.62 bits per heavy atom. The largest absolute Gasteiger partial charge is 0.412 e. The number of nitrogens with two attached hydrogens (primary N) is 1. The third kappa shape index (κ3) is 2.49. The lowest BCUT2D eigenvalue weighted by Crippen LogP contribution is -2.41. The zero-order chi connectivity index (χ0) is 12.3. The highest BCUT2D eigenvalue weighted by molar-refractivity contribution is 5.06. The predicted octanol–water partition coefficient (Wildman–Crippen LogP) is 0.990. The van der Waals surface area contributed by atoms with Crippen molar-refractivity contribution in [2.24, 2.45) is 5.73 Å². The second-order valence-electron chi connectivity index (χ2n) is 3.22. The third-order valence-electron chi connectivity index (χ3n) is 2.11. The van der Waals surface area contributed by atoms with E-state index in [9.17, 15) is 13.2 Å². The van der Waals surface area contributed by atoms with Crippen molar-refractivity contribution >= 4 is 0 Å². The monoisotopic (exact) mass is 233 g/mol. The summed E-state index contributed by atoms with van der Waals surface area (Å²) in [6, 6.07) is -1.51. The summed E-state index contributed by atoms with van der Waals surface area (Å²) in [5, 5.41) is 11.8. The molecule has 0 saturated carbocycles. The summed E-state index contributed by atoms with van der Waals surface area (Å²) in [5.41, 5.74) is 5.39. The van der Waals surface area contributed by atoms with Crippen LogP contribution in [0, 0.1) is 11.3 Å². The Morgan fingerprint density at radius 2 is 2.25 bits per heavy atom. The van der Waals surface area contributed by atoms with Gasteiger partial charge in [0.2, 0.25) is 0 Å². The van der Waals surface area contributed by atoms with E-state index in [1.165, 1.54) is 0 Å². The molecule has 0 fully saturated rings. The first-order valence-corrected chi connectivity index (χ1v) is 4.53. The molecule has 1 aromatic heterocycles. The van der Waals surface area contributed by atoms with E-state index in [1.54, 1.807) is 13.0 Å². The van der Waals surface area contributed by atoms with Gasteiger partial charge in [-0.05, 0) is 6.42 Å². The average molecular weight is 233 g/mol. The molecule has 8 heteroatoms. The van der Waals surface area contributed by atoms with Crippen molar-refractivity contribution < 1.29 is 13.2 Å². The van der Waals surface area contributed by atoms with E-state index in [1.807, 2.05) is 0 Å². The van der Waals surface area contributed by atoms with E-state index in [-0.39, 0.29) is 12.2 Å². The van der Waals surface area contributed by atoms with Crippen LogP contribution in [0.15, 0.2) is 6.33 Å². The lowest BCUT2D eigenvalue weighted by molar-refractivity contribution is -0.175. The highest BCUT2D eigenvalue weighted by Gasteiger charge is 2.45. The highest BCUT2D eigenvalue weighted by Crippen LogP contribution is 2.32. The Morgan fingerprint density at radius 3 is 2.62 bits per heavy atom. The second-order valence-corrected chi connectivity index (χ2v) is 3.22. The minimum Gasteiger partial charge on any atom is -0.326 e. The van der Waals surface area contributed by atoms with Crippen LogP contribution >= 0.6 is 0 Å². The van der Waals surface area contributed by atoms with Gasteiger partial charge in [-0.3, -0.25) is 0 Å². The van der Waals surface area contributed by atoms with Gasteiger partial charge in [-0.2, -0.15) is 18.4 Å². The minimum absolute atomic E-state index is 0.145. The van der Waals surface area contributed by atoms with E-state index >= 15 is 0 Å². The van der Waals surface area contributed by atoms with Crippen LogP contribution in [0.2, 0.25) is 0 Å². The summed E-state index contributed by atoms with van der Waals surface area (Å²) >= 11 is 0. The summed E-state index contributed by atoms with van der Waals surface area (Å²) < 4.78 is 38.7. The molecule has 1 aromatic rings. The van der Waals surface area contributed by atoms with Gasteiger partial charge in [0.1, 0.15) is 12.4 Å². The maximum absolute atomic E-state index is 12.7. The Bertz CT molecular complexity index is 391. The number of alkyl halides is 3. The van der Waals surface area contributed by atoms with Gasteiger partial charge in [0.15, 0.2) is 6.04 Å². The Kier molecular flexibility index (Phi) is 3.49. The number of rotatable bonds is 3. The van der Waals surface area contributed by atoms with Gasteiger partial charge in [0.05, 0.1) is 0 Å². The van der Waals surface area contributed by atoms with Crippen molar-refractivity contribution in [1.82, 2.24) is 14.8 Å². The van der Waals surface area contributed by atoms with Crippen LogP contribution in [0.25, 0.3) is 0 Å². The first-order chi connectivity index (χ1) is 7.40. The first-order valence-electron chi connectivity index (χ1n) is 4.53. The summed E-state index contributed by atoms with van der Waals surface area (Å²) in [4.78, 5) is 3.42. The molecule has 2 N–H and O–H groups in total. The molecule has 0 aliphatic carbocycles. The number of hydrogen-bond acceptors (Lipinski definition) is 4. The molecule has 0 radical (unpaired) electrons. The van der Waals surface area contributed by atoms with Crippen LogP contribution in [0.4, 0.5) is 13.2 Å². The van der Waals surface area contributed by atoms with Crippen LogP contribution in [0.5, 0.6) is 0 Å². The van der Waals surface area contributed by atoms with Gasteiger partial charge in [0, 0.05) is 6.04 Å². The van der Waals surface area contributed by atoms with Gasteiger partial charge >= 0.3 is 6.18 Å². The number of halogens is 3. The number of nitriles is 1. The van der Waals surface area contributed by atoms with Gasteiger partial charge in [-0.15, -0.1) is 5.10 Å². The quantitative estimate of drug-likeness (QED) is 0.844. The fraction of sp³-hybridized carbons (Fsp3) is 0.625. The van der Waals surface area contributed by atoms with Gasteiger partial charge in [0.25, 0.3) is 5.82 Å². The average Bonchev–Trinajstić information content (AvgIpc) is 2.64. The molecule has 16 heavy (non-hydrogen) atoms. The van der Waals surface area contributed by atoms with Crippen molar-refractivity contribution in [2.45, 2.75) is 31.6 Å². The second kappa shape index (κ2) is 4.49.